The Morgan fingerprint density at radius 2 is 2.11 bits per heavy atom. The second kappa shape index (κ2) is 8.11. The molecule has 0 aliphatic heterocycles. The molecule has 1 aromatic heterocycles. The fourth-order valence-corrected chi connectivity index (χ4v) is 1.94. The number of thiazole rings is 1. The molecule has 2 rings (SSSR count). The number of carbonyl (C=O) groups excluding carboxylic acids is 1. The van der Waals surface area contributed by atoms with Gasteiger partial charge in [-0.2, -0.15) is 0 Å². The van der Waals surface area contributed by atoms with Crippen LogP contribution in [-0.4, -0.2) is 20.6 Å². The zero-order chi connectivity index (χ0) is 14.1. The van der Waals surface area contributed by atoms with E-state index in [9.17, 15) is 13.4 Å². The number of rotatable bonds is 2. The number of nitrogens with two attached hydrogens (primary N) is 1. The predicted molar refractivity (Wildman–Crippen MR) is 75.0 cm³/mol. The molecule has 8 heteroatoms. The van der Waals surface area contributed by atoms with Crippen LogP contribution in [0.3, 0.4) is 0 Å². The first-order valence-corrected chi connectivity index (χ1v) is 6.64. The maximum atomic E-state index is 11.9. The van der Waals surface area contributed by atoms with Gasteiger partial charge in [-0.1, -0.05) is 18.2 Å². The number of benzene rings is 1. The number of hydrogen-bond donors (Lipinski definition) is 2. The summed E-state index contributed by atoms with van der Waals surface area (Å²) >= 11 is 1.52. The number of aromatic nitrogens is 1. The fourth-order valence-electron chi connectivity index (χ4n) is 0.967. The maximum absolute atomic E-state index is 11.9. The van der Waals surface area contributed by atoms with Crippen molar-refractivity contribution in [1.29, 1.82) is 0 Å². The molecule has 0 spiro atoms. The molecule has 19 heavy (non-hydrogen) atoms. The minimum absolute atomic E-state index is 0.178. The van der Waals surface area contributed by atoms with Gasteiger partial charge in [0.2, 0.25) is 0 Å². The molecule has 0 unspecified atom stereocenters. The molecule has 0 saturated carbocycles. The van der Waals surface area contributed by atoms with E-state index in [0.717, 1.165) is 0 Å². The van der Waals surface area contributed by atoms with Crippen LogP contribution in [0.4, 0.5) is 14.3 Å². The van der Waals surface area contributed by atoms with Gasteiger partial charge in [-0.15, -0.1) is 11.3 Å². The summed E-state index contributed by atoms with van der Waals surface area (Å²) in [5.41, 5.74) is 5.38. The lowest BCUT2D eigenvalue weighted by atomic mass is 10.4. The molecule has 1 aromatic carbocycles. The average molecular weight is 299 g/mol. The van der Waals surface area contributed by atoms with E-state index >= 15 is 0 Å². The molecular weight excluding hydrogens is 289 g/mol. The highest BCUT2D eigenvalue weighted by Crippen LogP contribution is 2.12. The Kier molecular flexibility index (Phi) is 6.41. The Bertz CT molecular complexity index is 583. The molecule has 5 nitrogen and oxygen atoms in total. The number of nitrogens with zero attached hydrogens (tertiary/aromatic N) is 1. The molecule has 0 bridgehead atoms. The lowest BCUT2D eigenvalue weighted by molar-refractivity contribution is 0.259. The Morgan fingerprint density at radius 3 is 2.58 bits per heavy atom. The molecule has 0 aliphatic rings. The van der Waals surface area contributed by atoms with Gasteiger partial charge in [-0.3, -0.25) is 5.32 Å². The molecular formula is C11H10FN3O2S2. The van der Waals surface area contributed by atoms with Crippen molar-refractivity contribution < 1.29 is 13.4 Å². The van der Waals surface area contributed by atoms with E-state index < -0.39 is 6.03 Å². The zero-order valence-electron chi connectivity index (χ0n) is 9.58. The quantitative estimate of drug-likeness (QED) is 0.829. The summed E-state index contributed by atoms with van der Waals surface area (Å²) in [6.07, 6.45) is 0. The minimum atomic E-state index is -0.661. The largest absolute Gasteiger partial charge is 0.351 e. The third-order valence-corrected chi connectivity index (χ3v) is 2.77. The van der Waals surface area contributed by atoms with Crippen molar-refractivity contribution in [3.63, 3.8) is 0 Å². The summed E-state index contributed by atoms with van der Waals surface area (Å²) in [6, 6.07) is 7.28. The first kappa shape index (κ1) is 15.0. The molecule has 2 aromatic rings. The van der Waals surface area contributed by atoms with Gasteiger partial charge in [0.05, 0.1) is 22.3 Å². The van der Waals surface area contributed by atoms with Crippen LogP contribution in [0.5, 0.6) is 0 Å². The van der Waals surface area contributed by atoms with Crippen molar-refractivity contribution in [1.82, 2.24) is 4.98 Å². The minimum Gasteiger partial charge on any atom is -0.351 e. The molecule has 0 atom stereocenters. The summed E-state index contributed by atoms with van der Waals surface area (Å²) in [4.78, 5) is 14.2. The molecule has 100 valence electrons. The van der Waals surface area contributed by atoms with Crippen LogP contribution in [0.1, 0.15) is 5.69 Å². The van der Waals surface area contributed by atoms with Crippen LogP contribution in [0.2, 0.25) is 0 Å². The molecule has 0 radical (unpaired) electrons. The van der Waals surface area contributed by atoms with Crippen LogP contribution >= 0.6 is 11.3 Å². The molecule has 0 aliphatic carbocycles. The van der Waals surface area contributed by atoms with Crippen molar-refractivity contribution in [3.05, 3.63) is 47.2 Å². The van der Waals surface area contributed by atoms with Gasteiger partial charge in [-0.25, -0.2) is 18.4 Å². The van der Waals surface area contributed by atoms with Gasteiger partial charge < -0.3 is 5.73 Å². The highest BCUT2D eigenvalue weighted by molar-refractivity contribution is 7.65. The van der Waals surface area contributed by atoms with Gasteiger partial charge in [0.15, 0.2) is 5.13 Å². The number of primary amides is 1. The summed E-state index contributed by atoms with van der Waals surface area (Å²) < 4.78 is 22.0. The Balaban J connectivity index is 0.000000218. The van der Waals surface area contributed by atoms with Crippen LogP contribution in [0, 0.1) is 5.82 Å². The van der Waals surface area contributed by atoms with Gasteiger partial charge in [0.1, 0.15) is 5.82 Å². The van der Waals surface area contributed by atoms with Crippen molar-refractivity contribution >= 4 is 39.1 Å². The SMILES string of the molecule is Fc1ccccc1.NC(=O)Nc1nc(C=S=O)cs1. The second-order valence-electron chi connectivity index (χ2n) is 3.08. The number of hydrogen-bond acceptors (Lipinski definition) is 4. The number of carbonyl (C=O) groups is 1. The highest BCUT2D eigenvalue weighted by Gasteiger charge is 2.00. The molecule has 2 amide bonds. The molecule has 0 fully saturated rings. The summed E-state index contributed by atoms with van der Waals surface area (Å²) in [5, 5.41) is 5.67. The molecule has 1 heterocycles. The van der Waals surface area contributed by atoms with Crippen molar-refractivity contribution in [2.75, 3.05) is 5.32 Å². The van der Waals surface area contributed by atoms with E-state index in [1.165, 1.54) is 28.8 Å². The lowest BCUT2D eigenvalue weighted by Crippen LogP contribution is -2.19. The predicted octanol–water partition coefficient (Wildman–Crippen LogP) is 1.82. The van der Waals surface area contributed by atoms with E-state index in [0.29, 0.717) is 22.1 Å². The average Bonchev–Trinajstić information content (AvgIpc) is 2.78. The van der Waals surface area contributed by atoms with Gasteiger partial charge in [0.25, 0.3) is 0 Å². The Morgan fingerprint density at radius 1 is 1.42 bits per heavy atom. The Labute approximate surface area is 116 Å². The van der Waals surface area contributed by atoms with Crippen molar-refractivity contribution in [3.8, 4) is 0 Å². The number of urea groups is 1. The zero-order valence-corrected chi connectivity index (χ0v) is 11.2. The number of nitrogens with one attached hydrogen (secondary N) is 1. The second-order valence-corrected chi connectivity index (χ2v) is 4.36. The first-order chi connectivity index (χ1) is 9.11. The normalized spacial score (nSPS) is 8.89. The van der Waals surface area contributed by atoms with Gasteiger partial charge >= 0.3 is 6.03 Å². The summed E-state index contributed by atoms with van der Waals surface area (Å²) in [6.45, 7) is 0. The van der Waals surface area contributed by atoms with E-state index in [1.807, 2.05) is 0 Å². The van der Waals surface area contributed by atoms with Gasteiger partial charge in [-0.05, 0) is 12.1 Å². The monoisotopic (exact) mass is 299 g/mol. The summed E-state index contributed by atoms with van der Waals surface area (Å²) in [7, 11) is 0. The van der Waals surface area contributed by atoms with E-state index in [1.54, 1.807) is 23.6 Å². The fraction of sp³-hybridized carbons (Fsp3) is 0. The van der Waals surface area contributed by atoms with E-state index in [4.69, 9.17) is 5.73 Å². The highest BCUT2D eigenvalue weighted by atomic mass is 32.1. The summed E-state index contributed by atoms with van der Waals surface area (Å²) in [5.74, 6) is -0.178. The standard InChI is InChI=1S/C6H5F.C5H5N3O2S2/c7-6-4-2-1-3-5-6;6-4(9)8-5-7-3(1-11-5)2-12-10/h1-5H;1-2H,(H3,6,7,8,9). The van der Waals surface area contributed by atoms with E-state index in [2.05, 4.69) is 10.3 Å². The number of halogens is 1. The van der Waals surface area contributed by atoms with Crippen LogP contribution in [-0.2, 0) is 11.3 Å². The van der Waals surface area contributed by atoms with E-state index in [-0.39, 0.29) is 5.82 Å². The topological polar surface area (TPSA) is 85.1 Å². The van der Waals surface area contributed by atoms with Crippen molar-refractivity contribution in [2.45, 2.75) is 0 Å². The maximum Gasteiger partial charge on any atom is 0.318 e. The lowest BCUT2D eigenvalue weighted by Gasteiger charge is -1.91. The Hall–Kier alpha value is -2.06. The smallest absolute Gasteiger partial charge is 0.318 e. The molecule has 0 saturated heterocycles. The first-order valence-electron chi connectivity index (χ1n) is 4.96. The van der Waals surface area contributed by atoms with Crippen LogP contribution in [0.15, 0.2) is 35.7 Å². The van der Waals surface area contributed by atoms with Crippen molar-refractivity contribution in [2.24, 2.45) is 5.73 Å². The van der Waals surface area contributed by atoms with Crippen LogP contribution in [0.25, 0.3) is 0 Å². The number of amides is 2. The third kappa shape index (κ3) is 6.43. The molecule has 3 N–H and O–H groups in total. The number of anilines is 1. The van der Waals surface area contributed by atoms with Crippen LogP contribution < -0.4 is 11.1 Å². The van der Waals surface area contributed by atoms with Gasteiger partial charge in [0, 0.05) is 5.38 Å². The third-order valence-electron chi connectivity index (χ3n) is 1.65.